The number of carbonyl (C=O) groups is 1. The van der Waals surface area contributed by atoms with E-state index in [0.717, 1.165) is 19.3 Å². The van der Waals surface area contributed by atoms with Gasteiger partial charge in [0.1, 0.15) is 11.6 Å². The van der Waals surface area contributed by atoms with E-state index < -0.39 is 11.6 Å². The number of nitrogens with two attached hydrogens (primary N) is 2. The molecule has 0 aromatic heterocycles. The van der Waals surface area contributed by atoms with Crippen molar-refractivity contribution in [3.05, 3.63) is 0 Å². The highest BCUT2D eigenvalue weighted by Gasteiger charge is 2.34. The molecule has 94 valence electrons. The van der Waals surface area contributed by atoms with E-state index in [9.17, 15) is 4.79 Å². The van der Waals surface area contributed by atoms with Gasteiger partial charge in [0.05, 0.1) is 0 Å². The summed E-state index contributed by atoms with van der Waals surface area (Å²) < 4.78 is 5.29. The van der Waals surface area contributed by atoms with E-state index in [-0.39, 0.29) is 11.9 Å². The van der Waals surface area contributed by atoms with Crippen molar-refractivity contribution in [2.45, 2.75) is 51.7 Å². The molecule has 0 bridgehead atoms. The number of hydrogen-bond donors (Lipinski definition) is 2. The lowest BCUT2D eigenvalue weighted by Gasteiger charge is -2.24. The van der Waals surface area contributed by atoms with Gasteiger partial charge in [0.2, 0.25) is 0 Å². The molecule has 3 unspecified atom stereocenters. The molecular formula is C12H24N2O2. The molecule has 1 saturated carbocycles. The van der Waals surface area contributed by atoms with Crippen LogP contribution in [0.2, 0.25) is 0 Å². The molecule has 0 radical (unpaired) electrons. The van der Waals surface area contributed by atoms with Gasteiger partial charge < -0.3 is 16.2 Å². The summed E-state index contributed by atoms with van der Waals surface area (Å²) in [6.45, 7) is 6.26. The van der Waals surface area contributed by atoms with Gasteiger partial charge >= 0.3 is 5.97 Å². The summed E-state index contributed by atoms with van der Waals surface area (Å²) in [4.78, 5) is 11.8. The van der Waals surface area contributed by atoms with E-state index in [1.165, 1.54) is 0 Å². The topological polar surface area (TPSA) is 78.3 Å². The number of rotatable bonds is 3. The molecule has 3 atom stereocenters. The Balaban J connectivity index is 2.46. The van der Waals surface area contributed by atoms with Crippen LogP contribution in [0, 0.1) is 11.8 Å². The Labute approximate surface area is 97.7 Å². The summed E-state index contributed by atoms with van der Waals surface area (Å²) in [6, 6.07) is -0.490. The van der Waals surface area contributed by atoms with Gasteiger partial charge in [0.25, 0.3) is 0 Å². The Kier molecular flexibility index (Phi) is 4.33. The first kappa shape index (κ1) is 13.5. The summed E-state index contributed by atoms with van der Waals surface area (Å²) in [5.74, 6) is 0.483. The van der Waals surface area contributed by atoms with Crippen molar-refractivity contribution < 1.29 is 9.53 Å². The van der Waals surface area contributed by atoms with Crippen molar-refractivity contribution in [2.75, 3.05) is 6.54 Å². The highest BCUT2D eigenvalue weighted by Crippen LogP contribution is 2.32. The lowest BCUT2D eigenvalue weighted by molar-refractivity contribution is -0.157. The summed E-state index contributed by atoms with van der Waals surface area (Å²) in [6.07, 6.45) is 3.02. The van der Waals surface area contributed by atoms with Gasteiger partial charge in [-0.05, 0) is 58.4 Å². The molecule has 1 rings (SSSR count). The number of hydrogen-bond acceptors (Lipinski definition) is 4. The molecule has 0 spiro atoms. The maximum atomic E-state index is 11.8. The molecule has 0 aromatic rings. The third-order valence-electron chi connectivity index (χ3n) is 3.10. The second kappa shape index (κ2) is 5.15. The molecule has 4 N–H and O–H groups in total. The fraction of sp³-hybridized carbons (Fsp3) is 0.917. The van der Waals surface area contributed by atoms with E-state index >= 15 is 0 Å². The third-order valence-corrected chi connectivity index (χ3v) is 3.10. The minimum atomic E-state index is -0.490. The monoisotopic (exact) mass is 228 g/mol. The van der Waals surface area contributed by atoms with Crippen LogP contribution in [0.3, 0.4) is 0 Å². The van der Waals surface area contributed by atoms with Crippen LogP contribution in [0.25, 0.3) is 0 Å². The summed E-state index contributed by atoms with van der Waals surface area (Å²) in [7, 11) is 0. The summed E-state index contributed by atoms with van der Waals surface area (Å²) in [5.41, 5.74) is 11.1. The van der Waals surface area contributed by atoms with Gasteiger partial charge in [-0.3, -0.25) is 4.79 Å². The van der Waals surface area contributed by atoms with Gasteiger partial charge in [0, 0.05) is 0 Å². The first-order chi connectivity index (χ1) is 7.33. The van der Waals surface area contributed by atoms with E-state index in [0.29, 0.717) is 12.5 Å². The van der Waals surface area contributed by atoms with Crippen molar-refractivity contribution >= 4 is 5.97 Å². The van der Waals surface area contributed by atoms with Gasteiger partial charge in [-0.1, -0.05) is 0 Å². The van der Waals surface area contributed by atoms with Crippen LogP contribution < -0.4 is 11.5 Å². The van der Waals surface area contributed by atoms with Crippen molar-refractivity contribution in [3.63, 3.8) is 0 Å². The first-order valence-electron chi connectivity index (χ1n) is 6.02. The van der Waals surface area contributed by atoms with E-state index in [1.807, 2.05) is 20.8 Å². The maximum Gasteiger partial charge on any atom is 0.323 e. The van der Waals surface area contributed by atoms with Crippen molar-refractivity contribution in [1.82, 2.24) is 0 Å². The smallest absolute Gasteiger partial charge is 0.323 e. The van der Waals surface area contributed by atoms with Crippen LogP contribution >= 0.6 is 0 Å². The van der Waals surface area contributed by atoms with Gasteiger partial charge in [-0.25, -0.2) is 0 Å². The van der Waals surface area contributed by atoms with E-state index in [1.54, 1.807) is 0 Å². The number of esters is 1. The zero-order valence-corrected chi connectivity index (χ0v) is 10.5. The van der Waals surface area contributed by atoms with E-state index in [2.05, 4.69) is 0 Å². The quantitative estimate of drug-likeness (QED) is 0.707. The number of carbonyl (C=O) groups excluding carboxylic acids is 1. The van der Waals surface area contributed by atoms with Crippen molar-refractivity contribution in [3.8, 4) is 0 Å². The Bertz CT molecular complexity index is 248. The lowest BCUT2D eigenvalue weighted by Crippen LogP contribution is -2.42. The van der Waals surface area contributed by atoms with Gasteiger partial charge in [0.15, 0.2) is 0 Å². The molecule has 0 amide bonds. The molecule has 1 aliphatic carbocycles. The second-order valence-electron chi connectivity index (χ2n) is 5.73. The molecule has 0 aliphatic heterocycles. The molecule has 0 aromatic carbocycles. The van der Waals surface area contributed by atoms with Crippen LogP contribution in [-0.4, -0.2) is 24.2 Å². The lowest BCUT2D eigenvalue weighted by atomic mass is 9.97. The minimum absolute atomic E-state index is 0.239. The Morgan fingerprint density at radius 2 is 2.06 bits per heavy atom. The maximum absolute atomic E-state index is 11.8. The molecule has 0 saturated heterocycles. The van der Waals surface area contributed by atoms with Crippen molar-refractivity contribution in [1.29, 1.82) is 0 Å². The Morgan fingerprint density at radius 1 is 1.44 bits per heavy atom. The molecule has 4 heteroatoms. The summed E-state index contributed by atoms with van der Waals surface area (Å²) in [5, 5.41) is 0. The fourth-order valence-corrected chi connectivity index (χ4v) is 2.22. The largest absolute Gasteiger partial charge is 0.459 e. The van der Waals surface area contributed by atoms with Gasteiger partial charge in [-0.15, -0.1) is 0 Å². The highest BCUT2D eigenvalue weighted by atomic mass is 16.6. The summed E-state index contributed by atoms with van der Waals surface area (Å²) >= 11 is 0. The van der Waals surface area contributed by atoms with Crippen molar-refractivity contribution in [2.24, 2.45) is 23.3 Å². The Hall–Kier alpha value is -0.610. The standard InChI is InChI=1S/C12H24N2O2/c1-12(2,3)16-11(15)10(14)9-5-4-8(6-9)7-13/h8-10H,4-7,13-14H2,1-3H3. The van der Waals surface area contributed by atoms with Crippen LogP contribution in [0.15, 0.2) is 0 Å². The SMILES string of the molecule is CC(C)(C)OC(=O)C(N)C1CCC(CN)C1. The molecule has 1 fully saturated rings. The zero-order chi connectivity index (χ0) is 12.3. The molecule has 0 heterocycles. The second-order valence-corrected chi connectivity index (χ2v) is 5.73. The van der Waals surface area contributed by atoms with Crippen LogP contribution in [0.4, 0.5) is 0 Å². The molecule has 16 heavy (non-hydrogen) atoms. The number of ether oxygens (including phenoxy) is 1. The average molecular weight is 228 g/mol. The van der Waals surface area contributed by atoms with Crippen LogP contribution in [-0.2, 0) is 9.53 Å². The average Bonchev–Trinajstić information content (AvgIpc) is 2.61. The zero-order valence-electron chi connectivity index (χ0n) is 10.5. The van der Waals surface area contributed by atoms with Crippen LogP contribution in [0.1, 0.15) is 40.0 Å². The minimum Gasteiger partial charge on any atom is -0.459 e. The Morgan fingerprint density at radius 3 is 2.50 bits per heavy atom. The fourth-order valence-electron chi connectivity index (χ4n) is 2.22. The van der Waals surface area contributed by atoms with E-state index in [4.69, 9.17) is 16.2 Å². The highest BCUT2D eigenvalue weighted by molar-refractivity contribution is 5.76. The molecular weight excluding hydrogens is 204 g/mol. The first-order valence-corrected chi connectivity index (χ1v) is 6.02. The normalized spacial score (nSPS) is 27.8. The predicted molar refractivity (Wildman–Crippen MR) is 63.7 cm³/mol. The molecule has 4 nitrogen and oxygen atoms in total. The molecule has 1 aliphatic rings. The predicted octanol–water partition coefficient (Wildman–Crippen LogP) is 1.03. The third kappa shape index (κ3) is 3.76. The van der Waals surface area contributed by atoms with Crippen LogP contribution in [0.5, 0.6) is 0 Å². The van der Waals surface area contributed by atoms with Gasteiger partial charge in [-0.2, -0.15) is 0 Å².